The summed E-state index contributed by atoms with van der Waals surface area (Å²) in [7, 11) is -2.56. The second-order valence-corrected chi connectivity index (χ2v) is 6.66. The van der Waals surface area contributed by atoms with Crippen molar-refractivity contribution in [2.75, 3.05) is 11.6 Å². The van der Waals surface area contributed by atoms with Crippen LogP contribution in [-0.2, 0) is 5.75 Å². The van der Waals surface area contributed by atoms with E-state index in [2.05, 4.69) is 20.3 Å². The van der Waals surface area contributed by atoms with Crippen molar-refractivity contribution >= 4 is 33.8 Å². The van der Waals surface area contributed by atoms with Crippen molar-refractivity contribution in [3.63, 3.8) is 0 Å². The molecule has 1 aromatic carbocycles. The fraction of sp³-hybridized carbons (Fsp3) is 0.182. The van der Waals surface area contributed by atoms with Crippen molar-refractivity contribution < 1.29 is 9.11 Å². The molecular weight excluding hydrogens is 288 g/mol. The van der Waals surface area contributed by atoms with Crippen LogP contribution in [0, 0.1) is 0 Å². The Labute approximate surface area is 117 Å². The molecule has 102 valence electrons. The Bertz CT molecular complexity index is 577. The largest absolute Gasteiger partial charge is 0.324 e. The number of aromatic nitrogens is 3. The van der Waals surface area contributed by atoms with Crippen LogP contribution in [0.4, 0.5) is 11.6 Å². The van der Waals surface area contributed by atoms with Crippen molar-refractivity contribution in [2.24, 2.45) is 0 Å². The summed E-state index contributed by atoms with van der Waals surface area (Å²) >= 11 is 5.66. The van der Waals surface area contributed by atoms with Gasteiger partial charge in [0, 0.05) is 11.9 Å². The minimum absolute atomic E-state index is 0.108. The first kappa shape index (κ1) is 14.0. The molecule has 1 aromatic heterocycles. The molecule has 1 heterocycles. The Kier molecular flexibility index (Phi) is 4.20. The summed E-state index contributed by atoms with van der Waals surface area (Å²) in [5.74, 6) is 0.542. The molecule has 0 atom stereocenters. The molecule has 0 unspecified atom stereocenters. The lowest BCUT2D eigenvalue weighted by molar-refractivity contribution is 0.494. The molecule has 0 aliphatic carbocycles. The van der Waals surface area contributed by atoms with Gasteiger partial charge >= 0.3 is 0 Å². The quantitative estimate of drug-likeness (QED) is 0.803. The molecule has 0 saturated carbocycles. The van der Waals surface area contributed by atoms with E-state index in [4.69, 9.17) is 11.6 Å². The van der Waals surface area contributed by atoms with E-state index in [1.165, 1.54) is 12.6 Å². The van der Waals surface area contributed by atoms with Crippen molar-refractivity contribution in [2.45, 2.75) is 5.75 Å². The highest BCUT2D eigenvalue weighted by atomic mass is 35.5. The van der Waals surface area contributed by atoms with Crippen LogP contribution in [0.15, 0.2) is 30.6 Å². The van der Waals surface area contributed by atoms with E-state index < -0.39 is 10.6 Å². The number of rotatable bonds is 4. The molecule has 0 aliphatic heterocycles. The fourth-order valence-corrected chi connectivity index (χ4v) is 2.45. The van der Waals surface area contributed by atoms with Crippen LogP contribution in [0.5, 0.6) is 0 Å². The third-order valence-corrected chi connectivity index (χ3v) is 3.23. The Hall–Kier alpha value is -1.41. The van der Waals surface area contributed by atoms with Crippen LogP contribution >= 0.6 is 22.2 Å². The highest BCUT2D eigenvalue weighted by Crippen LogP contribution is 2.38. The predicted molar refractivity (Wildman–Crippen MR) is 77.0 cm³/mol. The molecule has 2 rings (SSSR count). The number of hydrogen-bond acceptors (Lipinski definition) is 6. The van der Waals surface area contributed by atoms with Crippen molar-refractivity contribution in [3.8, 4) is 0 Å². The Morgan fingerprint density at radius 3 is 2.79 bits per heavy atom. The summed E-state index contributed by atoms with van der Waals surface area (Å²) in [5.41, 5.74) is 1.55. The molecule has 6 nitrogen and oxygen atoms in total. The van der Waals surface area contributed by atoms with Crippen molar-refractivity contribution in [1.29, 1.82) is 0 Å². The van der Waals surface area contributed by atoms with E-state index in [0.29, 0.717) is 5.95 Å². The lowest BCUT2D eigenvalue weighted by atomic mass is 10.2. The first-order chi connectivity index (χ1) is 8.92. The number of nitrogens with one attached hydrogen (secondary N) is 1. The molecule has 0 saturated heterocycles. The number of anilines is 2. The van der Waals surface area contributed by atoms with Crippen molar-refractivity contribution in [1.82, 2.24) is 15.0 Å². The van der Waals surface area contributed by atoms with Crippen molar-refractivity contribution in [3.05, 3.63) is 41.4 Å². The summed E-state index contributed by atoms with van der Waals surface area (Å²) in [6, 6.07) is 7.26. The topological polar surface area (TPSA) is 91.2 Å². The van der Waals surface area contributed by atoms with Gasteiger partial charge in [-0.05, 0) is 29.3 Å². The van der Waals surface area contributed by atoms with Gasteiger partial charge in [-0.1, -0.05) is 12.1 Å². The monoisotopic (exact) mass is 300 g/mol. The maximum atomic E-state index is 9.46. The van der Waals surface area contributed by atoms with Crippen LogP contribution in [0.1, 0.15) is 5.56 Å². The van der Waals surface area contributed by atoms with E-state index >= 15 is 0 Å². The van der Waals surface area contributed by atoms with Gasteiger partial charge in [0.15, 0.2) is 0 Å². The number of nitrogens with zero attached hydrogens (tertiary/aromatic N) is 3. The Morgan fingerprint density at radius 1 is 1.32 bits per heavy atom. The van der Waals surface area contributed by atoms with Gasteiger partial charge in [0.05, 0.1) is 5.75 Å². The zero-order valence-corrected chi connectivity index (χ0v) is 11.7. The Morgan fingerprint density at radius 2 is 2.11 bits per heavy atom. The molecular formula is C11H13ClN4O2S. The first-order valence-electron chi connectivity index (χ1n) is 5.34. The van der Waals surface area contributed by atoms with Crippen LogP contribution in [0.2, 0.25) is 5.28 Å². The van der Waals surface area contributed by atoms with Gasteiger partial charge in [-0.2, -0.15) is 15.6 Å². The lowest BCUT2D eigenvalue weighted by Crippen LogP contribution is -2.01. The van der Waals surface area contributed by atoms with Gasteiger partial charge in [0.25, 0.3) is 0 Å². The van der Waals surface area contributed by atoms with E-state index in [1.807, 2.05) is 18.2 Å². The SMILES string of the molecule is CS(O)(O)Cc1cccc(Nc2ncnc(Cl)n2)c1. The summed E-state index contributed by atoms with van der Waals surface area (Å²) in [5, 5.41) is 3.08. The van der Waals surface area contributed by atoms with Gasteiger partial charge in [-0.25, -0.2) is 9.97 Å². The van der Waals surface area contributed by atoms with Gasteiger partial charge in [0.2, 0.25) is 11.2 Å². The predicted octanol–water partition coefficient (Wildman–Crippen LogP) is 3.15. The minimum Gasteiger partial charge on any atom is -0.324 e. The van der Waals surface area contributed by atoms with Gasteiger partial charge in [-0.3, -0.25) is 9.11 Å². The molecule has 0 radical (unpaired) electrons. The van der Waals surface area contributed by atoms with Gasteiger partial charge in [-0.15, -0.1) is 0 Å². The van der Waals surface area contributed by atoms with Crippen LogP contribution in [0.25, 0.3) is 0 Å². The molecule has 2 aromatic rings. The second kappa shape index (κ2) is 5.70. The standard InChI is InChI=1S/C11H13ClN4O2S/c1-19(17,18)6-8-3-2-4-9(5-8)15-11-14-7-13-10(12)16-11/h2-5,7,17-18H,6H2,1H3,(H,13,14,15,16). The normalized spacial score (nSPS) is 12.2. The maximum absolute atomic E-state index is 9.46. The van der Waals surface area contributed by atoms with Crippen LogP contribution < -0.4 is 5.32 Å². The van der Waals surface area contributed by atoms with E-state index in [-0.39, 0.29) is 11.0 Å². The average Bonchev–Trinajstić information content (AvgIpc) is 2.27. The molecule has 0 aliphatic rings. The zero-order chi connectivity index (χ0) is 13.9. The van der Waals surface area contributed by atoms with Crippen LogP contribution in [-0.4, -0.2) is 30.3 Å². The molecule has 0 bridgehead atoms. The van der Waals surface area contributed by atoms with E-state index in [0.717, 1.165) is 11.3 Å². The third-order valence-electron chi connectivity index (χ3n) is 2.17. The van der Waals surface area contributed by atoms with E-state index in [9.17, 15) is 9.11 Å². The molecule has 19 heavy (non-hydrogen) atoms. The lowest BCUT2D eigenvalue weighted by Gasteiger charge is -2.26. The first-order valence-corrected chi connectivity index (χ1v) is 7.84. The third kappa shape index (κ3) is 4.64. The van der Waals surface area contributed by atoms with Crippen LogP contribution in [0.3, 0.4) is 0 Å². The molecule has 3 N–H and O–H groups in total. The summed E-state index contributed by atoms with van der Waals surface area (Å²) in [6.07, 6.45) is 2.73. The Balaban J connectivity index is 2.15. The molecule has 8 heteroatoms. The molecule has 0 spiro atoms. The fourth-order valence-electron chi connectivity index (χ4n) is 1.52. The smallest absolute Gasteiger partial charge is 0.231 e. The highest BCUT2D eigenvalue weighted by molar-refractivity contribution is 8.23. The van der Waals surface area contributed by atoms with Gasteiger partial charge in [0.1, 0.15) is 6.33 Å². The number of halogens is 1. The van der Waals surface area contributed by atoms with Gasteiger partial charge < -0.3 is 5.32 Å². The minimum atomic E-state index is -2.56. The summed E-state index contributed by atoms with van der Waals surface area (Å²) < 4.78 is 18.9. The second-order valence-electron chi connectivity index (χ2n) is 4.04. The highest BCUT2D eigenvalue weighted by Gasteiger charge is 2.07. The van der Waals surface area contributed by atoms with E-state index in [1.54, 1.807) is 6.07 Å². The summed E-state index contributed by atoms with van der Waals surface area (Å²) in [4.78, 5) is 11.5. The average molecular weight is 301 g/mol. The maximum Gasteiger partial charge on any atom is 0.231 e. The molecule has 0 amide bonds. The molecule has 0 fully saturated rings. The number of hydrogen-bond donors (Lipinski definition) is 3. The summed E-state index contributed by atoms with van der Waals surface area (Å²) in [6.45, 7) is 0. The number of benzene rings is 1. The zero-order valence-electron chi connectivity index (χ0n) is 10.1.